The van der Waals surface area contributed by atoms with Crippen molar-refractivity contribution in [2.75, 3.05) is 13.1 Å². The molecule has 0 spiro atoms. The zero-order valence-corrected chi connectivity index (χ0v) is 18.1. The number of amides is 1. The van der Waals surface area contributed by atoms with Gasteiger partial charge in [0.15, 0.2) is 0 Å². The lowest BCUT2D eigenvalue weighted by Crippen LogP contribution is -2.48. The number of likely N-dealkylation sites (tertiary alicyclic amines) is 1. The van der Waals surface area contributed by atoms with E-state index in [1.54, 1.807) is 25.7 Å². The molecule has 7 heteroatoms. The van der Waals surface area contributed by atoms with Crippen LogP contribution in [0.2, 0.25) is 0 Å². The molecule has 2 unspecified atom stereocenters. The van der Waals surface area contributed by atoms with Gasteiger partial charge in [0.05, 0.1) is 5.41 Å². The van der Waals surface area contributed by atoms with Gasteiger partial charge in [-0.2, -0.15) is 0 Å². The van der Waals surface area contributed by atoms with Crippen LogP contribution < -0.4 is 0 Å². The molecule has 158 valence electrons. The molecule has 1 aliphatic heterocycles. The van der Waals surface area contributed by atoms with E-state index in [1.165, 1.54) is 0 Å². The number of rotatable bonds is 8. The molecule has 0 radical (unpaired) electrons. The minimum Gasteiger partial charge on any atom is -0.460 e. The molecular formula is C22H32N4O3. The fourth-order valence-electron chi connectivity index (χ4n) is 4.06. The van der Waals surface area contributed by atoms with Crippen molar-refractivity contribution >= 4 is 11.9 Å². The van der Waals surface area contributed by atoms with Gasteiger partial charge in [0, 0.05) is 18.0 Å². The lowest BCUT2D eigenvalue weighted by Gasteiger charge is -2.35. The largest absolute Gasteiger partial charge is 0.460 e. The summed E-state index contributed by atoms with van der Waals surface area (Å²) in [4.78, 5) is 31.1. The Labute approximate surface area is 173 Å². The van der Waals surface area contributed by atoms with Crippen LogP contribution in [0.25, 0.3) is 10.4 Å². The molecule has 1 aromatic carbocycles. The number of benzene rings is 1. The molecule has 1 aromatic rings. The highest BCUT2D eigenvalue weighted by Gasteiger charge is 2.55. The summed E-state index contributed by atoms with van der Waals surface area (Å²) in [5.74, 6) is -0.591. The molecule has 2 rings (SSSR count). The van der Waals surface area contributed by atoms with Crippen LogP contribution >= 0.6 is 0 Å². The summed E-state index contributed by atoms with van der Waals surface area (Å²) in [7, 11) is 0. The number of ether oxygens (including phenoxy) is 1. The number of azide groups is 1. The number of carbonyl (C=O) groups is 2. The van der Waals surface area contributed by atoms with E-state index in [9.17, 15) is 9.59 Å². The topological polar surface area (TPSA) is 95.4 Å². The van der Waals surface area contributed by atoms with Gasteiger partial charge in [-0.3, -0.25) is 9.59 Å². The van der Waals surface area contributed by atoms with Crippen LogP contribution in [0.4, 0.5) is 0 Å². The van der Waals surface area contributed by atoms with E-state index >= 15 is 0 Å². The Bertz CT molecular complexity index is 766. The van der Waals surface area contributed by atoms with Crippen LogP contribution in [-0.4, -0.2) is 41.5 Å². The lowest BCUT2D eigenvalue weighted by atomic mass is 9.72. The van der Waals surface area contributed by atoms with Crippen LogP contribution in [0.15, 0.2) is 35.4 Å². The number of nitrogens with zero attached hydrogens (tertiary/aromatic N) is 4. The van der Waals surface area contributed by atoms with Crippen molar-refractivity contribution in [3.63, 3.8) is 0 Å². The molecule has 0 aliphatic carbocycles. The number of hydrogen-bond acceptors (Lipinski definition) is 4. The standard InChI is InChI=1S/C22H32N4O3/c1-16(2)15-22(18(24-25-23)19(27)29-21(3,4)5)12-14-26(20(22)28)13-11-17-9-7-6-8-10-17/h6-10,16,18H,11-15H2,1-5H3. The summed E-state index contributed by atoms with van der Waals surface area (Å²) in [6.45, 7) is 10.4. The predicted molar refractivity (Wildman–Crippen MR) is 112 cm³/mol. The minimum atomic E-state index is -1.16. The van der Waals surface area contributed by atoms with Crippen molar-refractivity contribution < 1.29 is 14.3 Å². The van der Waals surface area contributed by atoms with Gasteiger partial charge < -0.3 is 9.64 Å². The van der Waals surface area contributed by atoms with Crippen molar-refractivity contribution in [2.45, 2.75) is 65.5 Å². The molecule has 1 amide bonds. The van der Waals surface area contributed by atoms with Crippen molar-refractivity contribution in [1.29, 1.82) is 0 Å². The van der Waals surface area contributed by atoms with Crippen LogP contribution in [0.1, 0.15) is 53.0 Å². The first-order valence-electron chi connectivity index (χ1n) is 10.2. The maximum absolute atomic E-state index is 13.5. The summed E-state index contributed by atoms with van der Waals surface area (Å²) >= 11 is 0. The first-order valence-corrected chi connectivity index (χ1v) is 10.2. The summed E-state index contributed by atoms with van der Waals surface area (Å²) in [5, 5.41) is 3.78. The second kappa shape index (κ2) is 9.31. The van der Waals surface area contributed by atoms with Gasteiger partial charge in [-0.1, -0.05) is 49.3 Å². The monoisotopic (exact) mass is 400 g/mol. The van der Waals surface area contributed by atoms with Gasteiger partial charge in [0.2, 0.25) is 5.91 Å². The maximum Gasteiger partial charge on any atom is 0.316 e. The number of hydrogen-bond donors (Lipinski definition) is 0. The van der Waals surface area contributed by atoms with Gasteiger partial charge in [-0.25, -0.2) is 0 Å². The highest BCUT2D eigenvalue weighted by Crippen LogP contribution is 2.43. The van der Waals surface area contributed by atoms with Crippen LogP contribution in [0, 0.1) is 11.3 Å². The van der Waals surface area contributed by atoms with Gasteiger partial charge in [0.1, 0.15) is 11.6 Å². The minimum absolute atomic E-state index is 0.120. The Kier molecular flexibility index (Phi) is 7.31. The average molecular weight is 401 g/mol. The highest BCUT2D eigenvalue weighted by molar-refractivity contribution is 5.92. The van der Waals surface area contributed by atoms with Crippen molar-refractivity contribution in [1.82, 2.24) is 4.90 Å². The van der Waals surface area contributed by atoms with E-state index in [-0.39, 0.29) is 11.8 Å². The molecule has 0 bridgehead atoms. The quantitative estimate of drug-likeness (QED) is 0.278. The van der Waals surface area contributed by atoms with E-state index in [0.717, 1.165) is 12.0 Å². The molecule has 0 saturated carbocycles. The zero-order valence-electron chi connectivity index (χ0n) is 18.1. The molecule has 1 aliphatic rings. The van der Waals surface area contributed by atoms with E-state index in [0.29, 0.717) is 25.9 Å². The van der Waals surface area contributed by atoms with Crippen molar-refractivity contribution in [2.24, 2.45) is 16.4 Å². The molecule has 1 heterocycles. The second-order valence-electron chi connectivity index (χ2n) is 9.17. The summed E-state index contributed by atoms with van der Waals surface area (Å²) in [5.41, 5.74) is 8.49. The maximum atomic E-state index is 13.5. The molecule has 1 fully saturated rings. The fourth-order valence-corrected chi connectivity index (χ4v) is 4.06. The van der Waals surface area contributed by atoms with E-state index < -0.39 is 23.0 Å². The molecule has 0 N–H and O–H groups in total. The van der Waals surface area contributed by atoms with Crippen LogP contribution in [0.5, 0.6) is 0 Å². The fraction of sp³-hybridized carbons (Fsp3) is 0.636. The Balaban J connectivity index is 2.28. The zero-order chi connectivity index (χ0) is 21.7. The second-order valence-corrected chi connectivity index (χ2v) is 9.17. The van der Waals surface area contributed by atoms with Crippen molar-refractivity contribution in [3.8, 4) is 0 Å². The third-order valence-electron chi connectivity index (χ3n) is 5.15. The predicted octanol–water partition coefficient (Wildman–Crippen LogP) is 4.51. The first kappa shape index (κ1) is 22.8. The van der Waals surface area contributed by atoms with Crippen molar-refractivity contribution in [3.05, 3.63) is 46.3 Å². The molecule has 2 atom stereocenters. The van der Waals surface area contributed by atoms with E-state index in [1.807, 2.05) is 44.2 Å². The van der Waals surface area contributed by atoms with Gasteiger partial charge in [-0.05, 0) is 57.0 Å². The average Bonchev–Trinajstić information content (AvgIpc) is 2.93. The van der Waals surface area contributed by atoms with E-state index in [4.69, 9.17) is 10.3 Å². The van der Waals surface area contributed by atoms with Gasteiger partial charge in [-0.15, -0.1) is 0 Å². The third kappa shape index (κ3) is 5.73. The smallest absolute Gasteiger partial charge is 0.316 e. The first-order chi connectivity index (χ1) is 13.6. The molecule has 7 nitrogen and oxygen atoms in total. The Hall–Kier alpha value is -2.53. The number of carbonyl (C=O) groups excluding carboxylic acids is 2. The van der Waals surface area contributed by atoms with Crippen LogP contribution in [0.3, 0.4) is 0 Å². The number of esters is 1. The Morgan fingerprint density at radius 2 is 1.97 bits per heavy atom. The summed E-state index contributed by atoms with van der Waals surface area (Å²) in [6, 6.07) is 8.82. The molecular weight excluding hydrogens is 368 g/mol. The third-order valence-corrected chi connectivity index (χ3v) is 5.15. The molecule has 1 saturated heterocycles. The van der Waals surface area contributed by atoms with E-state index in [2.05, 4.69) is 10.0 Å². The van der Waals surface area contributed by atoms with Gasteiger partial charge >= 0.3 is 5.97 Å². The Morgan fingerprint density at radius 3 is 2.52 bits per heavy atom. The normalized spacial score (nSPS) is 20.5. The summed E-state index contributed by atoms with van der Waals surface area (Å²) in [6.07, 6.45) is 1.68. The van der Waals surface area contributed by atoms with Gasteiger partial charge in [0.25, 0.3) is 0 Å². The molecule has 0 aromatic heterocycles. The van der Waals surface area contributed by atoms with Crippen LogP contribution in [-0.2, 0) is 20.7 Å². The SMILES string of the molecule is CC(C)CC1(C(N=[N+]=[N-])C(=O)OC(C)(C)C)CCN(CCc2ccccc2)C1=O. The highest BCUT2D eigenvalue weighted by atomic mass is 16.6. The molecule has 29 heavy (non-hydrogen) atoms. The Morgan fingerprint density at radius 1 is 1.31 bits per heavy atom. The lowest BCUT2D eigenvalue weighted by molar-refractivity contribution is -0.163. The summed E-state index contributed by atoms with van der Waals surface area (Å²) < 4.78 is 5.51.